The van der Waals surface area contributed by atoms with Crippen LogP contribution in [0, 0.1) is 36.7 Å². The molecule has 3 aromatic carbocycles. The zero-order valence-electron chi connectivity index (χ0n) is 24.3. The van der Waals surface area contributed by atoms with E-state index in [0.29, 0.717) is 34.9 Å². The zero-order valence-corrected chi connectivity index (χ0v) is 28.6. The molecule has 4 aliphatic rings. The summed E-state index contributed by atoms with van der Waals surface area (Å²) >= 11 is 4.34. The highest BCUT2D eigenvalue weighted by atomic mass is 127. The first kappa shape index (κ1) is 30.2. The molecule has 2 heterocycles. The molecule has 4 amide bonds. The van der Waals surface area contributed by atoms with E-state index in [0.717, 1.165) is 12.7 Å². The lowest BCUT2D eigenvalue weighted by Crippen LogP contribution is -2.43. The predicted molar refractivity (Wildman–Crippen MR) is 182 cm³/mol. The molecule has 0 radical (unpaired) electrons. The van der Waals surface area contributed by atoms with Gasteiger partial charge in [-0.2, -0.15) is 0 Å². The number of aromatic hydroxyl groups is 1. The van der Waals surface area contributed by atoms with Gasteiger partial charge in [-0.15, -0.1) is 0 Å². The lowest BCUT2D eigenvalue weighted by molar-refractivity contribution is -0.126. The number of imide groups is 2. The van der Waals surface area contributed by atoms with Crippen LogP contribution in [-0.2, 0) is 19.2 Å². The Kier molecular flexibility index (Phi) is 7.66. The van der Waals surface area contributed by atoms with Crippen molar-refractivity contribution >= 4 is 80.2 Å². The van der Waals surface area contributed by atoms with Crippen LogP contribution < -0.4 is 19.3 Å². The van der Waals surface area contributed by atoms with Gasteiger partial charge in [0.05, 0.1) is 49.3 Å². The van der Waals surface area contributed by atoms with E-state index in [9.17, 15) is 24.3 Å². The molecule has 45 heavy (non-hydrogen) atoms. The second kappa shape index (κ2) is 11.4. The monoisotopic (exact) mass is 830 g/mol. The third kappa shape index (κ3) is 4.67. The number of amides is 4. The number of halogens is 2. The van der Waals surface area contributed by atoms with Crippen molar-refractivity contribution in [1.82, 2.24) is 0 Å². The number of ether oxygens (including phenoxy) is 2. The van der Waals surface area contributed by atoms with Crippen LogP contribution in [0.2, 0.25) is 0 Å². The van der Waals surface area contributed by atoms with Crippen molar-refractivity contribution in [2.24, 2.45) is 29.6 Å². The largest absolute Gasteiger partial charge is 0.507 e. The van der Waals surface area contributed by atoms with E-state index in [1.165, 1.54) is 30.1 Å². The number of fused-ring (bicyclic) bond motifs is 4. The fourth-order valence-corrected chi connectivity index (χ4v) is 8.50. The van der Waals surface area contributed by atoms with Gasteiger partial charge in [-0.05, 0) is 112 Å². The summed E-state index contributed by atoms with van der Waals surface area (Å²) in [6, 6.07) is 17.5. The van der Waals surface area contributed by atoms with Crippen molar-refractivity contribution in [3.8, 4) is 17.2 Å². The number of carbonyl (C=O) groups excluding carboxylic acids is 4. The smallest absolute Gasteiger partial charge is 0.238 e. The Labute approximate surface area is 286 Å². The van der Waals surface area contributed by atoms with Crippen LogP contribution in [0.3, 0.4) is 0 Å². The Balaban J connectivity index is 1.37. The second-order valence-electron chi connectivity index (χ2n) is 11.8. The van der Waals surface area contributed by atoms with Gasteiger partial charge in [-0.3, -0.25) is 29.0 Å². The number of hydrogen-bond donors (Lipinski definition) is 1. The minimum atomic E-state index is -0.844. The van der Waals surface area contributed by atoms with Crippen LogP contribution >= 0.6 is 45.2 Å². The highest BCUT2D eigenvalue weighted by Crippen LogP contribution is 2.60. The molecule has 6 atom stereocenters. The summed E-state index contributed by atoms with van der Waals surface area (Å²) in [6.45, 7) is 0. The lowest BCUT2D eigenvalue weighted by atomic mass is 9.57. The van der Waals surface area contributed by atoms with Gasteiger partial charge in [-0.25, -0.2) is 0 Å². The van der Waals surface area contributed by atoms with Crippen LogP contribution in [0.1, 0.15) is 24.3 Å². The first-order valence-corrected chi connectivity index (χ1v) is 16.7. The molecule has 11 heteroatoms. The third-order valence-corrected chi connectivity index (χ3v) is 11.1. The second-order valence-corrected chi connectivity index (χ2v) is 14.3. The highest BCUT2D eigenvalue weighted by Gasteiger charge is 2.63. The van der Waals surface area contributed by atoms with E-state index in [1.54, 1.807) is 30.3 Å². The molecule has 2 saturated heterocycles. The van der Waals surface area contributed by atoms with Gasteiger partial charge >= 0.3 is 0 Å². The standard InChI is InChI=1S/C34H28I2N2O7/c1-44-20-13-25(39)30(26(14-20)45-2)28-21-11-12-22-27(33(42)37(31(22)40)18-7-3-16(35)4-8-18)23(21)15-24-29(28)34(43)38(32(24)41)19-9-5-17(36)6-10-19/h3-11,13-14,22-24,27-29,39H,12,15H2,1-2H3. The predicted octanol–water partition coefficient (Wildman–Crippen LogP) is 5.66. The summed E-state index contributed by atoms with van der Waals surface area (Å²) in [6.07, 6.45) is 2.49. The fraction of sp³-hybridized carbons (Fsp3) is 0.294. The maximum Gasteiger partial charge on any atom is 0.238 e. The molecule has 0 aromatic heterocycles. The van der Waals surface area contributed by atoms with Gasteiger partial charge in [0.1, 0.15) is 17.2 Å². The topological polar surface area (TPSA) is 113 Å². The molecule has 3 aromatic rings. The molecule has 1 N–H and O–H groups in total. The molecular weight excluding hydrogens is 802 g/mol. The number of nitrogens with zero attached hydrogens (tertiary/aromatic N) is 2. The average Bonchev–Trinajstić information content (AvgIpc) is 3.44. The summed E-state index contributed by atoms with van der Waals surface area (Å²) in [5, 5.41) is 11.4. The summed E-state index contributed by atoms with van der Waals surface area (Å²) in [5.41, 5.74) is 2.11. The number of phenolic OH excluding ortho intramolecular Hbond substituents is 1. The van der Waals surface area contributed by atoms with Crippen molar-refractivity contribution in [1.29, 1.82) is 0 Å². The Hall–Kier alpha value is -3.46. The summed E-state index contributed by atoms with van der Waals surface area (Å²) in [4.78, 5) is 59.0. The van der Waals surface area contributed by atoms with Gasteiger partial charge in [0.25, 0.3) is 0 Å². The molecule has 2 aliphatic heterocycles. The minimum absolute atomic E-state index is 0.138. The summed E-state index contributed by atoms with van der Waals surface area (Å²) in [5.74, 6) is -4.94. The van der Waals surface area contributed by atoms with E-state index < -0.39 is 35.5 Å². The number of allylic oxidation sites excluding steroid dienone is 2. The van der Waals surface area contributed by atoms with E-state index in [4.69, 9.17) is 9.47 Å². The van der Waals surface area contributed by atoms with Gasteiger partial charge in [0, 0.05) is 30.8 Å². The first-order valence-electron chi connectivity index (χ1n) is 14.6. The number of benzene rings is 3. The SMILES string of the molecule is COc1cc(O)c(C2C3=CCC4C(=O)N(c5ccc(I)cc5)C(=O)C4C3CC3C(=O)N(c4ccc(I)cc4)C(=O)C32)c(OC)c1. The van der Waals surface area contributed by atoms with Crippen molar-refractivity contribution in [2.75, 3.05) is 24.0 Å². The molecule has 1 saturated carbocycles. The number of rotatable bonds is 5. The number of anilines is 2. The molecule has 3 fully saturated rings. The number of carbonyl (C=O) groups is 4. The normalized spacial score (nSPS) is 27.2. The first-order chi connectivity index (χ1) is 21.6. The molecule has 7 rings (SSSR count). The average molecular weight is 830 g/mol. The van der Waals surface area contributed by atoms with Crippen LogP contribution in [0.5, 0.6) is 17.2 Å². The molecule has 230 valence electrons. The van der Waals surface area contributed by atoms with E-state index >= 15 is 0 Å². The highest BCUT2D eigenvalue weighted by molar-refractivity contribution is 14.1. The molecular formula is C34H28I2N2O7. The molecule has 6 unspecified atom stereocenters. The maximum absolute atomic E-state index is 14.3. The van der Waals surface area contributed by atoms with E-state index in [2.05, 4.69) is 45.2 Å². The van der Waals surface area contributed by atoms with Crippen LogP contribution in [0.15, 0.2) is 72.3 Å². The quantitative estimate of drug-likeness (QED) is 0.201. The van der Waals surface area contributed by atoms with E-state index in [-0.39, 0.29) is 35.8 Å². The van der Waals surface area contributed by atoms with Crippen LogP contribution in [0.25, 0.3) is 0 Å². The molecule has 9 nitrogen and oxygen atoms in total. The number of phenols is 1. The Morgan fingerprint density at radius 3 is 1.82 bits per heavy atom. The van der Waals surface area contributed by atoms with Gasteiger partial charge in [0.15, 0.2) is 0 Å². The lowest BCUT2D eigenvalue weighted by Gasteiger charge is -2.44. The maximum atomic E-state index is 14.3. The Morgan fingerprint density at radius 1 is 0.711 bits per heavy atom. The third-order valence-electron chi connectivity index (χ3n) is 9.68. The summed E-state index contributed by atoms with van der Waals surface area (Å²) < 4.78 is 13.0. The Bertz CT molecular complexity index is 1790. The van der Waals surface area contributed by atoms with E-state index in [1.807, 2.05) is 30.3 Å². The van der Waals surface area contributed by atoms with Crippen molar-refractivity contribution < 1.29 is 33.8 Å². The molecule has 0 bridgehead atoms. The van der Waals surface area contributed by atoms with Gasteiger partial charge in [0.2, 0.25) is 23.6 Å². The zero-order chi connectivity index (χ0) is 31.7. The number of hydrogen-bond acceptors (Lipinski definition) is 7. The fourth-order valence-electron chi connectivity index (χ4n) is 7.79. The van der Waals surface area contributed by atoms with Crippen molar-refractivity contribution in [3.63, 3.8) is 0 Å². The molecule has 0 spiro atoms. The molecule has 2 aliphatic carbocycles. The van der Waals surface area contributed by atoms with Crippen molar-refractivity contribution in [2.45, 2.75) is 18.8 Å². The van der Waals surface area contributed by atoms with Crippen LogP contribution in [-0.4, -0.2) is 43.0 Å². The number of methoxy groups -OCH3 is 2. The minimum Gasteiger partial charge on any atom is -0.507 e. The van der Waals surface area contributed by atoms with Crippen molar-refractivity contribution in [3.05, 3.63) is 85.0 Å². The van der Waals surface area contributed by atoms with Crippen LogP contribution in [0.4, 0.5) is 11.4 Å². The Morgan fingerprint density at radius 2 is 1.27 bits per heavy atom. The van der Waals surface area contributed by atoms with Gasteiger partial charge < -0.3 is 14.6 Å². The van der Waals surface area contributed by atoms with Gasteiger partial charge in [-0.1, -0.05) is 11.6 Å². The summed E-state index contributed by atoms with van der Waals surface area (Å²) in [7, 11) is 2.95.